The number of carbonyl (C=O) groups is 2. The number of hydrogen-bond acceptors (Lipinski definition) is 20. The Hall–Kier alpha value is -7.42. The summed E-state index contributed by atoms with van der Waals surface area (Å²) in [6.45, 7) is 18.8. The third-order valence-electron chi connectivity index (χ3n) is 21.7. The molecule has 11 rings (SSSR count). The highest BCUT2D eigenvalue weighted by atomic mass is 16.8. The Labute approximate surface area is 687 Å². The maximum Gasteiger partial charge on any atom is 0.305 e. The Bertz CT molecular complexity index is 3840. The van der Waals surface area contributed by atoms with Gasteiger partial charge in [0.1, 0.15) is 67.1 Å². The molecule has 20 nitrogen and oxygen atoms in total. The first-order chi connectivity index (χ1) is 56.8. The molecule has 628 valence electrons. The molecule has 20 heteroatoms. The fourth-order valence-corrected chi connectivity index (χ4v) is 15.6. The second-order valence-corrected chi connectivity index (χ2v) is 30.7. The van der Waals surface area contributed by atoms with Crippen LogP contribution in [0.2, 0.25) is 0 Å². The fourth-order valence-electron chi connectivity index (χ4n) is 15.6. The smallest absolute Gasteiger partial charge is 0.305 e. The summed E-state index contributed by atoms with van der Waals surface area (Å²) in [6, 6.07) is 69.6. The van der Waals surface area contributed by atoms with Crippen molar-refractivity contribution in [2.24, 2.45) is 0 Å². The van der Waals surface area contributed by atoms with Crippen LogP contribution in [0, 0.1) is 0 Å². The van der Waals surface area contributed by atoms with Crippen molar-refractivity contribution in [3.8, 4) is 0 Å². The fraction of sp³-hybridized carbons (Fsp3) is 0.521. The van der Waals surface area contributed by atoms with E-state index in [-0.39, 0.29) is 64.9 Å². The van der Waals surface area contributed by atoms with Gasteiger partial charge in [-0.25, -0.2) is 0 Å². The number of esters is 2. The zero-order valence-corrected chi connectivity index (χ0v) is 68.8. The summed E-state index contributed by atoms with van der Waals surface area (Å²) < 4.78 is 129. The van der Waals surface area contributed by atoms with E-state index in [1.165, 1.54) is 6.92 Å². The van der Waals surface area contributed by atoms with Gasteiger partial charge in [-0.2, -0.15) is 0 Å². The molecular weight excluding hydrogens is 1470 g/mol. The van der Waals surface area contributed by atoms with Gasteiger partial charge < -0.3 is 85.3 Å². The summed E-state index contributed by atoms with van der Waals surface area (Å²) in [5, 5.41) is 0. The summed E-state index contributed by atoms with van der Waals surface area (Å²) in [6.07, 6.45) is -7.47. The molecule has 4 aliphatic rings. The van der Waals surface area contributed by atoms with E-state index in [0.717, 1.165) is 116 Å². The molecule has 0 saturated carbocycles. The highest BCUT2D eigenvalue weighted by Gasteiger charge is 2.59. The minimum absolute atomic E-state index is 0.0617. The Morgan fingerprint density at radius 2 is 0.638 bits per heavy atom. The van der Waals surface area contributed by atoms with Crippen molar-refractivity contribution in [3.63, 3.8) is 0 Å². The van der Waals surface area contributed by atoms with Crippen LogP contribution in [-0.4, -0.2) is 154 Å². The zero-order valence-electron chi connectivity index (χ0n) is 68.8. The van der Waals surface area contributed by atoms with Crippen LogP contribution in [0.3, 0.4) is 0 Å². The maximum absolute atomic E-state index is 13.9. The Morgan fingerprint density at radius 1 is 0.345 bits per heavy atom. The molecule has 0 aliphatic carbocycles. The van der Waals surface area contributed by atoms with Gasteiger partial charge in [-0.05, 0) is 92.8 Å². The predicted octanol–water partition coefficient (Wildman–Crippen LogP) is 17.8. The van der Waals surface area contributed by atoms with Crippen LogP contribution in [0.1, 0.15) is 171 Å². The van der Waals surface area contributed by atoms with Gasteiger partial charge >= 0.3 is 11.9 Å². The van der Waals surface area contributed by atoms with Gasteiger partial charge in [-0.15, -0.1) is 6.58 Å². The number of ether oxygens (including phenoxy) is 18. The van der Waals surface area contributed by atoms with Gasteiger partial charge in [0.25, 0.3) is 0 Å². The highest BCUT2D eigenvalue weighted by Crippen LogP contribution is 2.42. The predicted molar refractivity (Wildman–Crippen MR) is 440 cm³/mol. The molecule has 7 aromatic carbocycles. The van der Waals surface area contributed by atoms with Crippen LogP contribution in [0.25, 0.3) is 0 Å². The van der Waals surface area contributed by atoms with Crippen molar-refractivity contribution in [1.29, 1.82) is 0 Å². The van der Waals surface area contributed by atoms with Crippen molar-refractivity contribution >= 4 is 11.9 Å². The average molecular weight is 1600 g/mol. The van der Waals surface area contributed by atoms with Crippen LogP contribution in [0.5, 0.6) is 0 Å². The minimum atomic E-state index is -1.46. The molecule has 0 bridgehead atoms. The Morgan fingerprint density at radius 3 is 1.01 bits per heavy atom. The summed E-state index contributed by atoms with van der Waals surface area (Å²) >= 11 is 0. The first-order valence-corrected chi connectivity index (χ1v) is 42.2. The molecule has 116 heavy (non-hydrogen) atoms. The number of rotatable bonds is 48. The molecule has 0 radical (unpaired) electrons. The normalized spacial score (nSPS) is 27.7. The zero-order chi connectivity index (χ0) is 81.1. The first-order valence-electron chi connectivity index (χ1n) is 42.2. The number of carbonyl (C=O) groups excluding carboxylic acids is 2. The number of benzene rings is 7. The van der Waals surface area contributed by atoms with Crippen LogP contribution in [0.4, 0.5) is 0 Å². The second-order valence-electron chi connectivity index (χ2n) is 30.7. The molecule has 0 amide bonds. The molecule has 21 atom stereocenters. The van der Waals surface area contributed by atoms with E-state index in [4.69, 9.17) is 85.3 Å². The maximum atomic E-state index is 13.9. The molecular formula is C96H124O20. The van der Waals surface area contributed by atoms with Gasteiger partial charge in [0, 0.05) is 13.3 Å². The summed E-state index contributed by atoms with van der Waals surface area (Å²) in [5.41, 5.74) is 6.42. The SMILES string of the molecule is C=CCO[C@@H]1[C@@H](OC(C)=O)[C@H](O[C@@H]2[C@@H](O[C@@H]3O[C@@H](C)[C@H](OCc4ccccc4)[C@@H](OCc4ccccc4)[C@H]3OCc3ccccc3)[C@H](O[C@H]3[C@H](OC(CCCCC)CCCCCCCCCC(=O)OCC)O[C@H](C)[C@@H](OCc4ccccc4)[C@@H]3OCc3ccccc3)O[C@H](C)[C@H]2OCc2ccccc2)O[C@H](C)[C@H]1OCc1ccccc1. The van der Waals surface area contributed by atoms with E-state index >= 15 is 0 Å². The van der Waals surface area contributed by atoms with Crippen molar-refractivity contribution in [2.75, 3.05) is 13.2 Å². The molecule has 0 aromatic heterocycles. The lowest BCUT2D eigenvalue weighted by molar-refractivity contribution is -0.414. The molecule has 4 fully saturated rings. The van der Waals surface area contributed by atoms with Crippen LogP contribution in [-0.2, 0) is 141 Å². The van der Waals surface area contributed by atoms with Gasteiger partial charge in [-0.3, -0.25) is 9.59 Å². The lowest BCUT2D eigenvalue weighted by Crippen LogP contribution is -2.68. The summed E-state index contributed by atoms with van der Waals surface area (Å²) in [5.74, 6) is -0.759. The first kappa shape index (κ1) is 89.4. The largest absolute Gasteiger partial charge is 0.466 e. The topological polar surface area (TPSA) is 200 Å². The lowest BCUT2D eigenvalue weighted by Gasteiger charge is -2.52. The van der Waals surface area contributed by atoms with Crippen molar-refractivity contribution in [2.45, 2.75) is 307 Å². The van der Waals surface area contributed by atoms with Crippen molar-refractivity contribution in [3.05, 3.63) is 264 Å². The van der Waals surface area contributed by atoms with Crippen LogP contribution in [0.15, 0.2) is 225 Å². The number of hydrogen-bond donors (Lipinski definition) is 0. The average Bonchev–Trinajstić information content (AvgIpc) is 0.753. The van der Waals surface area contributed by atoms with E-state index in [1.54, 1.807) is 6.08 Å². The molecule has 0 N–H and O–H groups in total. The second kappa shape index (κ2) is 48.6. The molecule has 4 heterocycles. The minimum Gasteiger partial charge on any atom is -0.466 e. The van der Waals surface area contributed by atoms with Crippen molar-refractivity contribution in [1.82, 2.24) is 0 Å². The highest BCUT2D eigenvalue weighted by molar-refractivity contribution is 5.69. The van der Waals surface area contributed by atoms with Gasteiger partial charge in [-0.1, -0.05) is 283 Å². The van der Waals surface area contributed by atoms with E-state index in [2.05, 4.69) is 13.5 Å². The van der Waals surface area contributed by atoms with E-state index in [0.29, 0.717) is 13.0 Å². The van der Waals surface area contributed by atoms with Gasteiger partial charge in [0.05, 0.1) is 90.0 Å². The van der Waals surface area contributed by atoms with E-state index in [9.17, 15) is 9.59 Å². The van der Waals surface area contributed by atoms with Crippen molar-refractivity contribution < 1.29 is 94.9 Å². The number of unbranched alkanes of at least 4 members (excludes halogenated alkanes) is 8. The Kier molecular flexibility index (Phi) is 37.4. The third kappa shape index (κ3) is 27.6. The standard InChI is InChI=1S/C96H124O20/c1-9-12-25-56-79(57-40-16-14-13-15-17-41-58-80(98)99-11-3)113-94-91(87(106-65-77-52-36-23-37-53-77)83(69(6)109-94)103-62-74-46-30-20-31-47-74)115-96-92(116-93-89(107-66-78-54-38-24-39-55-78)85(105-64-76-50-34-22-35-51-76)81(67(4)108-93)101-60-72-42-26-18-27-43-72)88(84(70(7)111-96)104-63-75-48-32-21-33-49-75)114-95-90(112-71(8)97)86(100-59-10-2)82(68(5)110-95)102-61-73-44-28-19-29-45-73/h10,18-24,26-39,42-55,67-70,79,81-96H,2,9,11-17,25,40-41,56-66H2,1,3-8H3/t67-,68+,69+,70+,79?,81-,82+,83+,84+,85+,86-,87-,88-,89+,90+,91+,92+,93-,94-,95-,96-/m0/s1. The molecule has 1 unspecified atom stereocenters. The van der Waals surface area contributed by atoms with Gasteiger partial charge in [0.15, 0.2) is 31.3 Å². The third-order valence-corrected chi connectivity index (χ3v) is 21.7. The summed E-state index contributed by atoms with van der Waals surface area (Å²) in [7, 11) is 0. The van der Waals surface area contributed by atoms with Gasteiger partial charge in [0.2, 0.25) is 0 Å². The van der Waals surface area contributed by atoms with Crippen LogP contribution >= 0.6 is 0 Å². The molecule has 7 aromatic rings. The molecule has 4 saturated heterocycles. The monoisotopic (exact) mass is 1600 g/mol. The quantitative estimate of drug-likeness (QED) is 0.0198. The molecule has 4 aliphatic heterocycles. The van der Waals surface area contributed by atoms with E-state index < -0.39 is 129 Å². The van der Waals surface area contributed by atoms with Crippen LogP contribution < -0.4 is 0 Å². The lowest BCUT2D eigenvalue weighted by atomic mass is 9.95. The van der Waals surface area contributed by atoms with E-state index in [1.807, 2.05) is 247 Å². The summed E-state index contributed by atoms with van der Waals surface area (Å²) in [4.78, 5) is 26.0. The Balaban J connectivity index is 1.05. The molecule has 0 spiro atoms.